The number of imidazole rings is 4. The van der Waals surface area contributed by atoms with Gasteiger partial charge in [-0.05, 0) is 201 Å². The highest BCUT2D eigenvalue weighted by Gasteiger charge is 2.46. The summed E-state index contributed by atoms with van der Waals surface area (Å²) in [6.45, 7) is 0.832. The topological polar surface area (TPSA) is 82.7 Å². The molecule has 0 N–H and O–H groups in total. The quantitative estimate of drug-likeness (QED) is 0.130. The Labute approximate surface area is 843 Å². The molecule has 0 saturated heterocycles. The number of anilines is 6. The van der Waals surface area contributed by atoms with Crippen molar-refractivity contribution in [3.05, 3.63) is 468 Å². The standard InChI is InChI=1S/C37H24BN3S.C31H18BN3S.C31H20BN3S.C25H15BN2S/c1-4-13-25(14-5-1)37-39-31-21-12-20-30-36(31)41(37)32-23-28(24-34-35(32)38(30)29-19-10-11-22-33(29)42-34)40(26-15-6-2-7-16-26)27-17-8-3-9-18-27;1-4-13-25-20(8-1)21-9-2-5-14-26(21)35(25)19-16-27-30-29(17-19)36-28-15-6-3-10-22(28)32(30)23-11-7-12-24-31(23)34(27)18-33-24;1-3-10-21(11-4-1)35(22-12-5-2-6-13-22)23-18-27-30-29(19-23)36-28-17-8-7-14-24(28)32(30)25-15-9-16-26-31(25)34(27)20-33-26;1-2-8-16(9-3-1)25-27-19-12-6-11-18-24(19)28(25)20-13-7-15-22-23(20)26(18)17-10-4-5-14-21(17)29-22/h1-24H;1-18H;1-20H;1-15H. The molecule has 0 aliphatic carbocycles. The van der Waals surface area contributed by atoms with Crippen LogP contribution in [0.25, 0.3) is 117 Å². The molecule has 143 heavy (non-hydrogen) atoms. The van der Waals surface area contributed by atoms with Gasteiger partial charge in [-0.15, -0.1) is 0 Å². The van der Waals surface area contributed by atoms with Gasteiger partial charge in [0.25, 0.3) is 0 Å². The van der Waals surface area contributed by atoms with Crippen LogP contribution in [0.5, 0.6) is 0 Å². The fraction of sp³-hybridized carbons (Fsp3) is 0. The molecule has 25 aromatic rings. The van der Waals surface area contributed by atoms with Gasteiger partial charge in [-0.3, -0.25) is 18.3 Å². The summed E-state index contributed by atoms with van der Waals surface area (Å²) in [5.74, 6) is 1.99. The fourth-order valence-corrected chi connectivity index (χ4v) is 28.6. The summed E-state index contributed by atoms with van der Waals surface area (Å²) < 4.78 is 11.8. The zero-order chi connectivity index (χ0) is 93.6. The summed E-state index contributed by atoms with van der Waals surface area (Å²) in [4.78, 5) is 35.3. The van der Waals surface area contributed by atoms with E-state index >= 15 is 0 Å². The highest BCUT2D eigenvalue weighted by Crippen LogP contribution is 2.48. The van der Waals surface area contributed by atoms with Crippen LogP contribution in [-0.4, -0.2) is 69.6 Å². The van der Waals surface area contributed by atoms with Gasteiger partial charge in [0.2, 0.25) is 26.9 Å². The van der Waals surface area contributed by atoms with E-state index in [1.807, 2.05) is 59.7 Å². The number of hydrogen-bond donors (Lipinski definition) is 0. The van der Waals surface area contributed by atoms with Crippen LogP contribution < -0.4 is 75.4 Å². The van der Waals surface area contributed by atoms with Crippen LogP contribution >= 0.6 is 47.0 Å². The maximum atomic E-state index is 5.26. The fourth-order valence-electron chi connectivity index (χ4n) is 23.9. The lowest BCUT2D eigenvalue weighted by atomic mass is 9.35. The molecule has 0 atom stereocenters. The van der Waals surface area contributed by atoms with Crippen molar-refractivity contribution in [3.8, 4) is 51.2 Å². The summed E-state index contributed by atoms with van der Waals surface area (Å²) in [7, 11) is 0. The van der Waals surface area contributed by atoms with E-state index in [-0.39, 0.29) is 26.9 Å². The van der Waals surface area contributed by atoms with E-state index < -0.39 is 0 Å². The molecule has 0 saturated carbocycles. The van der Waals surface area contributed by atoms with Gasteiger partial charge in [0, 0.05) is 124 Å². The molecule has 19 heteroatoms. The van der Waals surface area contributed by atoms with Gasteiger partial charge < -0.3 is 14.4 Å². The average molecular weight is 1890 g/mol. The third-order valence-electron chi connectivity index (χ3n) is 29.6. The molecule has 5 aromatic heterocycles. The van der Waals surface area contributed by atoms with Crippen LogP contribution in [0.15, 0.2) is 507 Å². The molecule has 8 aliphatic rings. The van der Waals surface area contributed by atoms with Crippen molar-refractivity contribution in [2.75, 3.05) is 9.80 Å². The summed E-state index contributed by atoms with van der Waals surface area (Å²) in [5, 5.41) is 2.57. The first kappa shape index (κ1) is 82.3. The van der Waals surface area contributed by atoms with E-state index in [2.05, 4.69) is 488 Å². The predicted octanol–water partition coefficient (Wildman–Crippen LogP) is 22.6. The molecule has 0 bridgehead atoms. The Morgan fingerprint density at radius 3 is 0.944 bits per heavy atom. The molecule has 13 heterocycles. The van der Waals surface area contributed by atoms with Gasteiger partial charge in [0.05, 0.1) is 55.2 Å². The Hall–Kier alpha value is -16.7. The average Bonchev–Trinajstić information content (AvgIpc) is 1.64. The number of benzene rings is 20. The Bertz CT molecular complexity index is 9440. The van der Waals surface area contributed by atoms with Gasteiger partial charge in [-0.2, -0.15) is 0 Å². The molecule has 11 nitrogen and oxygen atoms in total. The van der Waals surface area contributed by atoms with Gasteiger partial charge in [-0.25, -0.2) is 19.9 Å². The normalized spacial score (nSPS) is 13.0. The molecule has 664 valence electrons. The molecule has 0 unspecified atom stereocenters. The van der Waals surface area contributed by atoms with Crippen molar-refractivity contribution in [2.45, 2.75) is 39.2 Å². The Morgan fingerprint density at radius 1 is 0.210 bits per heavy atom. The van der Waals surface area contributed by atoms with Crippen molar-refractivity contribution in [1.29, 1.82) is 0 Å². The van der Waals surface area contributed by atoms with E-state index in [9.17, 15) is 0 Å². The van der Waals surface area contributed by atoms with Crippen molar-refractivity contribution in [3.63, 3.8) is 0 Å². The van der Waals surface area contributed by atoms with Gasteiger partial charge >= 0.3 is 0 Å². The minimum absolute atomic E-state index is 0.153. The number of fused-ring (bicyclic) bond motifs is 19. The van der Waals surface area contributed by atoms with Crippen LogP contribution in [0.2, 0.25) is 0 Å². The van der Waals surface area contributed by atoms with Crippen LogP contribution in [0, 0.1) is 0 Å². The second-order valence-corrected chi connectivity index (χ2v) is 41.7. The first-order valence-corrected chi connectivity index (χ1v) is 51.8. The third-order valence-corrected chi connectivity index (χ3v) is 34.3. The second kappa shape index (κ2) is 33.0. The second-order valence-electron chi connectivity index (χ2n) is 37.4. The van der Waals surface area contributed by atoms with Crippen molar-refractivity contribution in [2.24, 2.45) is 0 Å². The molecule has 0 spiro atoms. The summed E-state index contributed by atoms with van der Waals surface area (Å²) in [6, 6.07) is 164. The van der Waals surface area contributed by atoms with E-state index in [1.54, 1.807) is 0 Å². The first-order valence-electron chi connectivity index (χ1n) is 48.6. The van der Waals surface area contributed by atoms with Crippen molar-refractivity contribution in [1.82, 2.24) is 42.8 Å². The maximum absolute atomic E-state index is 5.26. The third kappa shape index (κ3) is 12.8. The van der Waals surface area contributed by atoms with E-state index in [4.69, 9.17) is 19.9 Å². The Balaban J connectivity index is 0.0000000896. The largest absolute Gasteiger partial charge is 0.310 e. The molecule has 0 fully saturated rings. The van der Waals surface area contributed by atoms with Crippen LogP contribution in [0.1, 0.15) is 0 Å². The molecule has 20 aromatic carbocycles. The highest BCUT2D eigenvalue weighted by molar-refractivity contribution is 8.01. The molecule has 33 rings (SSSR count). The molecule has 0 radical (unpaired) electrons. The minimum atomic E-state index is 0.153. The summed E-state index contributed by atoms with van der Waals surface area (Å²) in [6.07, 6.45) is 3.99. The van der Waals surface area contributed by atoms with Crippen molar-refractivity contribution >= 4 is 240 Å². The SMILES string of the molecule is c1ccc(-c2nc3cccc4c3n2-c2cc(N(c3ccccc3)c3ccccc3)cc3c2B4c2ccccc2S3)cc1.c1ccc(-c2nc3cccc4c3n2-c2cccc3c2B4c2ccccc2S3)cc1.c1ccc(N(c2ccccc2)c2cc3c4c(c2)-n2cnc5cccc(c52)B4c2ccccc2S3)cc1.c1ccc2c(c1)Sc1cc(-n3c4ccccc4c4ccccc43)cc3c1B2c1cccc2ncn-3c12. The summed E-state index contributed by atoms with van der Waals surface area (Å²) in [5.41, 5.74) is 43.1. The lowest BCUT2D eigenvalue weighted by Gasteiger charge is -2.35. The molecule has 8 aliphatic heterocycles. The highest BCUT2D eigenvalue weighted by atomic mass is 32.2. The van der Waals surface area contributed by atoms with Crippen LogP contribution in [0.4, 0.5) is 34.1 Å². The zero-order valence-electron chi connectivity index (χ0n) is 76.8. The number of rotatable bonds is 9. The summed E-state index contributed by atoms with van der Waals surface area (Å²) >= 11 is 7.53. The van der Waals surface area contributed by atoms with E-state index in [1.165, 1.54) is 177 Å². The molecular formula is C124H77B4N11S4. The Morgan fingerprint density at radius 2 is 0.517 bits per heavy atom. The smallest absolute Gasteiger partial charge is 0.249 e. The van der Waals surface area contributed by atoms with E-state index in [0.29, 0.717) is 0 Å². The first-order chi connectivity index (χ1) is 71.0. The molecular weight excluding hydrogens is 1810 g/mol. The van der Waals surface area contributed by atoms with Crippen LogP contribution in [-0.2, 0) is 0 Å². The molecule has 0 amide bonds. The lowest BCUT2D eigenvalue weighted by molar-refractivity contribution is 1.07. The van der Waals surface area contributed by atoms with E-state index in [0.717, 1.165) is 79.0 Å². The van der Waals surface area contributed by atoms with Gasteiger partial charge in [0.15, 0.2) is 0 Å². The maximum Gasteiger partial charge on any atom is 0.249 e. The number of hydrogen-bond acceptors (Lipinski definition) is 10. The monoisotopic (exact) mass is 1890 g/mol. The number of aromatic nitrogens is 9. The number of para-hydroxylation sites is 10. The lowest BCUT2D eigenvalue weighted by Crippen LogP contribution is -2.58. The van der Waals surface area contributed by atoms with Gasteiger partial charge in [0.1, 0.15) is 24.3 Å². The zero-order valence-corrected chi connectivity index (χ0v) is 80.1. The van der Waals surface area contributed by atoms with Gasteiger partial charge in [-0.1, -0.05) is 366 Å². The number of nitrogens with zero attached hydrogens (tertiary/aromatic N) is 11. The van der Waals surface area contributed by atoms with Crippen molar-refractivity contribution < 1.29 is 0 Å². The predicted molar refractivity (Wildman–Crippen MR) is 600 cm³/mol. The van der Waals surface area contributed by atoms with Crippen LogP contribution in [0.3, 0.4) is 0 Å². The minimum Gasteiger partial charge on any atom is -0.310 e. The Kier molecular flexibility index (Phi) is 19.0.